The van der Waals surface area contributed by atoms with E-state index in [-0.39, 0.29) is 5.54 Å². The second-order valence-corrected chi connectivity index (χ2v) is 5.30. The van der Waals surface area contributed by atoms with Crippen LogP contribution in [-0.4, -0.2) is 43.3 Å². The maximum atomic E-state index is 6.09. The molecule has 0 aromatic carbocycles. The Bertz CT molecular complexity index is 200. The third-order valence-corrected chi connectivity index (χ3v) is 4.41. The summed E-state index contributed by atoms with van der Waals surface area (Å²) in [6, 6.07) is 0. The molecule has 102 valence electrons. The summed E-state index contributed by atoms with van der Waals surface area (Å²) in [7, 11) is 1.83. The first-order chi connectivity index (χ1) is 8.22. The number of nitrogens with zero attached hydrogens (tertiary/aromatic N) is 1. The predicted octanol–water partition coefficient (Wildman–Crippen LogP) is 2.39. The summed E-state index contributed by atoms with van der Waals surface area (Å²) in [6.45, 7) is 7.62. The Morgan fingerprint density at radius 2 is 1.94 bits per heavy atom. The Morgan fingerprint density at radius 1 is 1.29 bits per heavy atom. The van der Waals surface area contributed by atoms with Crippen molar-refractivity contribution in [3.8, 4) is 0 Å². The molecular weight excluding hydrogens is 212 g/mol. The zero-order chi connectivity index (χ0) is 12.7. The van der Waals surface area contributed by atoms with Crippen LogP contribution in [0.4, 0.5) is 0 Å². The molecule has 0 radical (unpaired) electrons. The molecule has 2 N–H and O–H groups in total. The molecule has 1 aliphatic rings. The number of hydrogen-bond donors (Lipinski definition) is 1. The van der Waals surface area contributed by atoms with E-state index in [4.69, 9.17) is 10.5 Å². The summed E-state index contributed by atoms with van der Waals surface area (Å²) in [5.41, 5.74) is 6.34. The Balaban J connectivity index is 2.60. The second kappa shape index (κ2) is 7.34. The molecule has 0 heterocycles. The van der Waals surface area contributed by atoms with Crippen molar-refractivity contribution >= 4 is 0 Å². The maximum Gasteiger partial charge on any atom is 0.0572 e. The van der Waals surface area contributed by atoms with Gasteiger partial charge in [-0.1, -0.05) is 20.3 Å². The molecule has 3 heteroatoms. The molecular formula is C14H30N2O. The monoisotopic (exact) mass is 242 g/mol. The number of unbranched alkanes of at least 4 members (excludes halogenated alkanes) is 1. The number of methoxy groups -OCH3 is 1. The van der Waals surface area contributed by atoms with Crippen molar-refractivity contribution in [2.24, 2.45) is 5.73 Å². The molecule has 0 bridgehead atoms. The molecule has 1 aliphatic carbocycles. The Hall–Kier alpha value is -0.120. The van der Waals surface area contributed by atoms with E-state index in [1.165, 1.54) is 32.2 Å². The zero-order valence-corrected chi connectivity index (χ0v) is 11.9. The Kier molecular flexibility index (Phi) is 6.45. The van der Waals surface area contributed by atoms with E-state index in [1.807, 2.05) is 7.11 Å². The van der Waals surface area contributed by atoms with Gasteiger partial charge in [0.25, 0.3) is 0 Å². The molecule has 0 spiro atoms. The molecule has 0 atom stereocenters. The third-order valence-electron chi connectivity index (χ3n) is 4.41. The second-order valence-electron chi connectivity index (χ2n) is 5.30. The van der Waals surface area contributed by atoms with E-state index in [1.54, 1.807) is 0 Å². The van der Waals surface area contributed by atoms with Crippen LogP contribution in [0.1, 0.15) is 52.4 Å². The van der Waals surface area contributed by atoms with Gasteiger partial charge in [0.2, 0.25) is 0 Å². The van der Waals surface area contributed by atoms with Gasteiger partial charge in [-0.15, -0.1) is 0 Å². The summed E-state index contributed by atoms with van der Waals surface area (Å²) in [5.74, 6) is 0. The van der Waals surface area contributed by atoms with E-state index in [9.17, 15) is 0 Å². The number of hydrogen-bond acceptors (Lipinski definition) is 3. The van der Waals surface area contributed by atoms with E-state index in [0.29, 0.717) is 6.10 Å². The van der Waals surface area contributed by atoms with Gasteiger partial charge in [0.15, 0.2) is 0 Å². The average Bonchev–Trinajstić information content (AvgIpc) is 2.40. The van der Waals surface area contributed by atoms with E-state index < -0.39 is 0 Å². The van der Waals surface area contributed by atoms with Gasteiger partial charge in [0.05, 0.1) is 6.10 Å². The van der Waals surface area contributed by atoms with Gasteiger partial charge in [-0.2, -0.15) is 0 Å². The van der Waals surface area contributed by atoms with Gasteiger partial charge < -0.3 is 10.5 Å². The van der Waals surface area contributed by atoms with Gasteiger partial charge in [0.1, 0.15) is 0 Å². The molecule has 17 heavy (non-hydrogen) atoms. The molecule has 0 saturated heterocycles. The van der Waals surface area contributed by atoms with Gasteiger partial charge in [-0.05, 0) is 45.2 Å². The van der Waals surface area contributed by atoms with Gasteiger partial charge in [-0.3, -0.25) is 4.90 Å². The normalized spacial score (nSPS) is 29.8. The first-order valence-corrected chi connectivity index (χ1v) is 7.20. The molecule has 1 fully saturated rings. The van der Waals surface area contributed by atoms with Crippen LogP contribution in [0.25, 0.3) is 0 Å². The maximum absolute atomic E-state index is 6.09. The molecule has 3 nitrogen and oxygen atoms in total. The lowest BCUT2D eigenvalue weighted by Crippen LogP contribution is -2.56. The zero-order valence-electron chi connectivity index (χ0n) is 11.9. The number of likely N-dealkylation sites (N-methyl/N-ethyl adjacent to an activating group) is 1. The SMILES string of the molecule is CCCCN(CC)C1(CN)CCC(OC)CC1. The molecule has 0 aliphatic heterocycles. The molecule has 1 saturated carbocycles. The van der Waals surface area contributed by atoms with Crippen LogP contribution in [0, 0.1) is 0 Å². The van der Waals surface area contributed by atoms with Crippen molar-refractivity contribution in [1.29, 1.82) is 0 Å². The van der Waals surface area contributed by atoms with Crippen LogP contribution in [0.2, 0.25) is 0 Å². The smallest absolute Gasteiger partial charge is 0.0572 e. The predicted molar refractivity (Wildman–Crippen MR) is 73.2 cm³/mol. The Morgan fingerprint density at radius 3 is 2.35 bits per heavy atom. The average molecular weight is 242 g/mol. The van der Waals surface area contributed by atoms with Crippen molar-refractivity contribution in [3.63, 3.8) is 0 Å². The quantitative estimate of drug-likeness (QED) is 0.745. The summed E-state index contributed by atoms with van der Waals surface area (Å²) in [4.78, 5) is 2.61. The van der Waals surface area contributed by atoms with Crippen molar-refractivity contribution in [3.05, 3.63) is 0 Å². The molecule has 0 aromatic heterocycles. The highest BCUT2D eigenvalue weighted by atomic mass is 16.5. The lowest BCUT2D eigenvalue weighted by Gasteiger charge is -2.47. The van der Waals surface area contributed by atoms with Crippen LogP contribution in [-0.2, 0) is 4.74 Å². The first-order valence-electron chi connectivity index (χ1n) is 7.20. The number of ether oxygens (including phenoxy) is 1. The van der Waals surface area contributed by atoms with Crippen LogP contribution >= 0.6 is 0 Å². The minimum absolute atomic E-state index is 0.249. The molecule has 0 aromatic rings. The first kappa shape index (κ1) is 14.9. The molecule has 0 unspecified atom stereocenters. The van der Waals surface area contributed by atoms with Crippen molar-refractivity contribution in [2.45, 2.75) is 64.0 Å². The highest BCUT2D eigenvalue weighted by Gasteiger charge is 2.38. The lowest BCUT2D eigenvalue weighted by molar-refractivity contribution is -0.00546. The van der Waals surface area contributed by atoms with Crippen LogP contribution in [0.5, 0.6) is 0 Å². The Labute approximate surface area is 107 Å². The van der Waals surface area contributed by atoms with E-state index in [2.05, 4.69) is 18.7 Å². The summed E-state index contributed by atoms with van der Waals surface area (Å²) < 4.78 is 5.46. The minimum Gasteiger partial charge on any atom is -0.381 e. The highest BCUT2D eigenvalue weighted by molar-refractivity contribution is 4.95. The standard InChI is InChI=1S/C14H30N2O/c1-4-6-11-16(5-2)14(12-15)9-7-13(17-3)8-10-14/h13H,4-12,15H2,1-3H3. The fraction of sp³-hybridized carbons (Fsp3) is 1.00. The molecule has 0 amide bonds. The van der Waals surface area contributed by atoms with Crippen molar-refractivity contribution in [2.75, 3.05) is 26.7 Å². The topological polar surface area (TPSA) is 38.5 Å². The fourth-order valence-electron chi connectivity index (χ4n) is 3.09. The number of nitrogens with two attached hydrogens (primary N) is 1. The number of rotatable bonds is 7. The van der Waals surface area contributed by atoms with Gasteiger partial charge in [-0.25, -0.2) is 0 Å². The fourth-order valence-corrected chi connectivity index (χ4v) is 3.09. The van der Waals surface area contributed by atoms with E-state index in [0.717, 1.165) is 25.9 Å². The minimum atomic E-state index is 0.249. The van der Waals surface area contributed by atoms with Crippen LogP contribution < -0.4 is 5.73 Å². The largest absolute Gasteiger partial charge is 0.381 e. The van der Waals surface area contributed by atoms with Gasteiger partial charge in [0, 0.05) is 19.2 Å². The highest BCUT2D eigenvalue weighted by Crippen LogP contribution is 2.34. The van der Waals surface area contributed by atoms with Crippen LogP contribution in [0.15, 0.2) is 0 Å². The van der Waals surface area contributed by atoms with Gasteiger partial charge >= 0.3 is 0 Å². The molecule has 1 rings (SSSR count). The summed E-state index contributed by atoms with van der Waals surface area (Å²) in [5, 5.41) is 0. The summed E-state index contributed by atoms with van der Waals surface area (Å²) >= 11 is 0. The van der Waals surface area contributed by atoms with Crippen LogP contribution in [0.3, 0.4) is 0 Å². The third kappa shape index (κ3) is 3.67. The lowest BCUT2D eigenvalue weighted by atomic mass is 9.78. The van der Waals surface area contributed by atoms with Crippen molar-refractivity contribution in [1.82, 2.24) is 4.90 Å². The van der Waals surface area contributed by atoms with E-state index >= 15 is 0 Å². The summed E-state index contributed by atoms with van der Waals surface area (Å²) in [6.07, 6.45) is 7.71. The van der Waals surface area contributed by atoms with Crippen molar-refractivity contribution < 1.29 is 4.74 Å².